The van der Waals surface area contributed by atoms with Gasteiger partial charge in [0.15, 0.2) is 11.0 Å². The normalized spacial score (nSPS) is 18.0. The van der Waals surface area contributed by atoms with E-state index in [4.69, 9.17) is 0 Å². The Kier molecular flexibility index (Phi) is 4.82. The molecule has 2 aromatic carbocycles. The summed E-state index contributed by atoms with van der Waals surface area (Å²) < 4.78 is 26.4. The van der Waals surface area contributed by atoms with E-state index >= 15 is 0 Å². The highest BCUT2D eigenvalue weighted by Gasteiger charge is 2.38. The van der Waals surface area contributed by atoms with Gasteiger partial charge in [0.05, 0.1) is 11.4 Å². The number of hydrogen-bond acceptors (Lipinski definition) is 6. The second kappa shape index (κ2) is 7.43. The second-order valence-corrected chi connectivity index (χ2v) is 6.98. The Labute approximate surface area is 163 Å². The van der Waals surface area contributed by atoms with Crippen molar-refractivity contribution in [2.24, 2.45) is 5.10 Å². The van der Waals surface area contributed by atoms with E-state index in [1.54, 1.807) is 17.2 Å². The van der Waals surface area contributed by atoms with Crippen molar-refractivity contribution in [3.63, 3.8) is 0 Å². The van der Waals surface area contributed by atoms with E-state index in [-0.39, 0.29) is 17.4 Å². The van der Waals surface area contributed by atoms with E-state index in [2.05, 4.69) is 10.5 Å². The van der Waals surface area contributed by atoms with Crippen molar-refractivity contribution in [3.05, 3.63) is 78.1 Å². The van der Waals surface area contributed by atoms with Gasteiger partial charge in [0, 0.05) is 18.0 Å². The molecule has 1 atom stereocenters. The molecule has 0 bridgehead atoms. The molecule has 9 heteroatoms. The van der Waals surface area contributed by atoms with Gasteiger partial charge < -0.3 is 0 Å². The predicted octanol–water partition coefficient (Wildman–Crippen LogP) is 2.90. The van der Waals surface area contributed by atoms with Gasteiger partial charge in [-0.1, -0.05) is 17.8 Å². The van der Waals surface area contributed by atoms with Gasteiger partial charge in [0.25, 0.3) is 5.91 Å². The van der Waals surface area contributed by atoms with Crippen molar-refractivity contribution in [2.75, 3.05) is 10.7 Å². The van der Waals surface area contributed by atoms with Crippen molar-refractivity contribution in [3.8, 4) is 0 Å². The Balaban J connectivity index is 1.43. The highest BCUT2D eigenvalue weighted by atomic mass is 32.2. The third-order valence-corrected chi connectivity index (χ3v) is 5.18. The summed E-state index contributed by atoms with van der Waals surface area (Å²) in [6, 6.07) is 11.1. The summed E-state index contributed by atoms with van der Waals surface area (Å²) in [5.41, 5.74) is 3.55. The SMILES string of the molecule is O=C(CSC1=NNC2C(=O)N(c3cccc(F)c3)C=CN12)c1ccc(F)cc1. The summed E-state index contributed by atoms with van der Waals surface area (Å²) >= 11 is 1.17. The first-order valence-corrected chi connectivity index (χ1v) is 9.31. The standard InChI is InChI=1S/C19H14F2N4O2S/c20-13-6-4-12(5-7-13)16(26)11-28-19-23-22-17-18(27)24(8-9-25(17)19)15-3-1-2-14(21)10-15/h1-10,17,22H,11H2. The lowest BCUT2D eigenvalue weighted by Gasteiger charge is -2.31. The molecule has 0 aromatic heterocycles. The van der Waals surface area contributed by atoms with Gasteiger partial charge in [-0.2, -0.15) is 5.10 Å². The van der Waals surface area contributed by atoms with Crippen LogP contribution in [0.2, 0.25) is 0 Å². The monoisotopic (exact) mass is 400 g/mol. The van der Waals surface area contributed by atoms with Crippen LogP contribution < -0.4 is 10.3 Å². The molecule has 0 spiro atoms. The number of anilines is 1. The second-order valence-electron chi connectivity index (χ2n) is 6.04. The minimum absolute atomic E-state index is 0.0883. The maximum absolute atomic E-state index is 13.5. The highest BCUT2D eigenvalue weighted by Crippen LogP contribution is 2.26. The number of carbonyl (C=O) groups is 2. The first-order chi connectivity index (χ1) is 13.5. The molecule has 2 heterocycles. The van der Waals surface area contributed by atoms with E-state index in [9.17, 15) is 18.4 Å². The smallest absolute Gasteiger partial charge is 0.276 e. The molecule has 0 fully saturated rings. The zero-order valence-electron chi connectivity index (χ0n) is 14.4. The van der Waals surface area contributed by atoms with Crippen LogP contribution >= 0.6 is 11.8 Å². The Bertz CT molecular complexity index is 994. The first-order valence-electron chi connectivity index (χ1n) is 8.33. The maximum Gasteiger partial charge on any atom is 0.276 e. The van der Waals surface area contributed by atoms with Crippen LogP contribution in [0.1, 0.15) is 10.4 Å². The number of halogens is 2. The van der Waals surface area contributed by atoms with Gasteiger partial charge in [0.1, 0.15) is 11.6 Å². The molecule has 6 nitrogen and oxygen atoms in total. The van der Waals surface area contributed by atoms with Gasteiger partial charge in [-0.3, -0.25) is 24.8 Å². The molecule has 2 aromatic rings. The Morgan fingerprint density at radius 2 is 1.89 bits per heavy atom. The van der Waals surface area contributed by atoms with E-state index in [1.807, 2.05) is 0 Å². The minimum Gasteiger partial charge on any atom is -0.294 e. The number of amidine groups is 1. The number of carbonyl (C=O) groups excluding carboxylic acids is 2. The van der Waals surface area contributed by atoms with E-state index in [0.717, 1.165) is 0 Å². The van der Waals surface area contributed by atoms with Crippen LogP contribution in [0.5, 0.6) is 0 Å². The molecular formula is C19H14F2N4O2S. The lowest BCUT2D eigenvalue weighted by Crippen LogP contribution is -2.52. The number of Topliss-reactive ketones (excluding diaryl/α,β-unsaturated/α-hetero) is 1. The number of hydrogen-bond donors (Lipinski definition) is 1. The number of hydrazone groups is 1. The predicted molar refractivity (Wildman–Crippen MR) is 102 cm³/mol. The molecule has 4 rings (SSSR count). The molecule has 2 aliphatic rings. The van der Waals surface area contributed by atoms with Crippen molar-refractivity contribution < 1.29 is 18.4 Å². The number of nitrogens with zero attached hydrogens (tertiary/aromatic N) is 3. The molecule has 1 amide bonds. The Morgan fingerprint density at radius 3 is 2.64 bits per heavy atom. The fourth-order valence-electron chi connectivity index (χ4n) is 2.81. The molecule has 0 saturated heterocycles. The quantitative estimate of drug-likeness (QED) is 0.800. The number of nitrogens with one attached hydrogen (secondary N) is 1. The number of benzene rings is 2. The van der Waals surface area contributed by atoms with Crippen molar-refractivity contribution in [2.45, 2.75) is 6.17 Å². The van der Waals surface area contributed by atoms with Gasteiger partial charge in [-0.15, -0.1) is 0 Å². The van der Waals surface area contributed by atoms with Gasteiger partial charge >= 0.3 is 0 Å². The fraction of sp³-hybridized carbons (Fsp3) is 0.105. The number of rotatable bonds is 4. The number of ketones is 1. The number of fused-ring (bicyclic) bond motifs is 1. The molecule has 142 valence electrons. The lowest BCUT2D eigenvalue weighted by molar-refractivity contribution is -0.122. The fourth-order valence-corrected chi connectivity index (χ4v) is 3.67. The van der Waals surface area contributed by atoms with Crippen LogP contribution in [-0.4, -0.2) is 33.7 Å². The molecule has 0 radical (unpaired) electrons. The summed E-state index contributed by atoms with van der Waals surface area (Å²) in [7, 11) is 0. The summed E-state index contributed by atoms with van der Waals surface area (Å²) in [6.07, 6.45) is 2.40. The molecule has 0 aliphatic carbocycles. The van der Waals surface area contributed by atoms with Crippen LogP contribution in [-0.2, 0) is 4.79 Å². The zero-order valence-corrected chi connectivity index (χ0v) is 15.2. The third kappa shape index (κ3) is 3.48. The molecule has 0 saturated carbocycles. The number of thioether (sulfide) groups is 1. The molecule has 1 unspecified atom stereocenters. The third-order valence-electron chi connectivity index (χ3n) is 4.21. The van der Waals surface area contributed by atoms with Crippen LogP contribution in [0.4, 0.5) is 14.5 Å². The summed E-state index contributed by atoms with van der Waals surface area (Å²) in [5.74, 6) is -1.25. The van der Waals surface area contributed by atoms with Crippen LogP contribution in [0.3, 0.4) is 0 Å². The number of amides is 1. The van der Waals surface area contributed by atoms with Crippen LogP contribution in [0.15, 0.2) is 66.0 Å². The lowest BCUT2D eigenvalue weighted by atomic mass is 10.1. The topological polar surface area (TPSA) is 65.0 Å². The van der Waals surface area contributed by atoms with Crippen molar-refractivity contribution >= 4 is 34.3 Å². The Hall–Kier alpha value is -3.20. The molecular weight excluding hydrogens is 386 g/mol. The van der Waals surface area contributed by atoms with Gasteiger partial charge in [-0.25, -0.2) is 8.78 Å². The molecule has 2 aliphatic heterocycles. The summed E-state index contributed by atoms with van der Waals surface area (Å²) in [5, 5.41) is 4.59. The van der Waals surface area contributed by atoms with E-state index < -0.39 is 17.8 Å². The maximum atomic E-state index is 13.5. The van der Waals surface area contributed by atoms with E-state index in [0.29, 0.717) is 16.4 Å². The summed E-state index contributed by atoms with van der Waals surface area (Å²) in [6.45, 7) is 0. The zero-order chi connectivity index (χ0) is 19.7. The van der Waals surface area contributed by atoms with Crippen molar-refractivity contribution in [1.29, 1.82) is 0 Å². The van der Waals surface area contributed by atoms with E-state index in [1.165, 1.54) is 65.3 Å². The average molecular weight is 400 g/mol. The van der Waals surface area contributed by atoms with Gasteiger partial charge in [-0.05, 0) is 42.5 Å². The minimum atomic E-state index is -0.767. The van der Waals surface area contributed by atoms with Crippen molar-refractivity contribution in [1.82, 2.24) is 10.3 Å². The van der Waals surface area contributed by atoms with Gasteiger partial charge in [0.2, 0.25) is 6.17 Å². The Morgan fingerprint density at radius 1 is 1.11 bits per heavy atom. The highest BCUT2D eigenvalue weighted by molar-refractivity contribution is 8.14. The molecule has 28 heavy (non-hydrogen) atoms. The first kappa shape index (κ1) is 18.2. The molecule has 1 N–H and O–H groups in total. The largest absolute Gasteiger partial charge is 0.294 e. The summed E-state index contributed by atoms with van der Waals surface area (Å²) in [4.78, 5) is 27.9. The van der Waals surface area contributed by atoms with Crippen LogP contribution in [0, 0.1) is 11.6 Å². The average Bonchev–Trinajstić information content (AvgIpc) is 3.11. The van der Waals surface area contributed by atoms with Crippen LogP contribution in [0.25, 0.3) is 0 Å².